The number of anilines is 3. The van der Waals surface area contributed by atoms with Crippen LogP contribution < -0.4 is 4.90 Å². The second kappa shape index (κ2) is 12.2. The van der Waals surface area contributed by atoms with E-state index in [0.29, 0.717) is 11.8 Å². The molecule has 0 saturated heterocycles. The lowest BCUT2D eigenvalue weighted by Gasteiger charge is -2.27. The van der Waals surface area contributed by atoms with Crippen LogP contribution in [-0.4, -0.2) is 0 Å². The second-order valence-electron chi connectivity index (χ2n) is 15.2. The van der Waals surface area contributed by atoms with E-state index in [-0.39, 0.29) is 0 Å². The molecule has 8 aromatic carbocycles. The minimum absolute atomic E-state index is 0.334. The van der Waals surface area contributed by atoms with E-state index in [1.165, 1.54) is 54.9 Å². The Morgan fingerprint density at radius 2 is 1.16 bits per heavy atom. The molecule has 262 valence electrons. The Labute approximate surface area is 325 Å². The van der Waals surface area contributed by atoms with Crippen LogP contribution in [0.4, 0.5) is 17.1 Å². The van der Waals surface area contributed by atoms with Crippen LogP contribution in [0.25, 0.3) is 71.3 Å². The maximum atomic E-state index is 6.43. The molecule has 0 radical (unpaired) electrons. The number of benzene rings is 8. The van der Waals surface area contributed by atoms with E-state index in [1.807, 2.05) is 12.1 Å². The fourth-order valence-corrected chi connectivity index (χ4v) is 9.57. The molecule has 2 unspecified atom stereocenters. The molecular formula is C54H35NO. The summed E-state index contributed by atoms with van der Waals surface area (Å²) >= 11 is 0. The Bertz CT molecular complexity index is 3190. The van der Waals surface area contributed by atoms with Crippen molar-refractivity contribution in [3.05, 3.63) is 217 Å². The summed E-state index contributed by atoms with van der Waals surface area (Å²) in [4.78, 5) is 2.40. The van der Waals surface area contributed by atoms with E-state index in [2.05, 4.69) is 193 Å². The summed E-state index contributed by atoms with van der Waals surface area (Å²) in [6.45, 7) is 0. The second-order valence-corrected chi connectivity index (χ2v) is 15.2. The van der Waals surface area contributed by atoms with Crippen LogP contribution in [0.5, 0.6) is 0 Å². The molecule has 12 rings (SSSR count). The highest BCUT2D eigenvalue weighted by Crippen LogP contribution is 2.54. The fourth-order valence-electron chi connectivity index (χ4n) is 9.57. The van der Waals surface area contributed by atoms with Gasteiger partial charge in [-0.05, 0) is 109 Å². The molecular weight excluding hydrogens is 679 g/mol. The summed E-state index contributed by atoms with van der Waals surface area (Å²) in [5.74, 6) is 0.725. The van der Waals surface area contributed by atoms with Crippen molar-refractivity contribution in [2.45, 2.75) is 5.92 Å². The van der Waals surface area contributed by atoms with E-state index in [1.54, 1.807) is 0 Å². The number of fused-ring (bicyclic) bond motifs is 9. The highest BCUT2D eigenvalue weighted by molar-refractivity contribution is 6.10. The van der Waals surface area contributed by atoms with Gasteiger partial charge in [-0.2, -0.15) is 0 Å². The molecule has 1 aromatic heterocycles. The van der Waals surface area contributed by atoms with Crippen LogP contribution in [0.1, 0.15) is 17.0 Å². The molecule has 0 fully saturated rings. The molecule has 2 heteroatoms. The van der Waals surface area contributed by atoms with Crippen LogP contribution in [0.2, 0.25) is 0 Å². The maximum absolute atomic E-state index is 6.43. The van der Waals surface area contributed by atoms with Gasteiger partial charge in [0.05, 0.1) is 0 Å². The van der Waals surface area contributed by atoms with Gasteiger partial charge in [0, 0.05) is 45.2 Å². The first-order chi connectivity index (χ1) is 27.7. The van der Waals surface area contributed by atoms with Crippen molar-refractivity contribution in [2.75, 3.05) is 4.90 Å². The van der Waals surface area contributed by atoms with Crippen molar-refractivity contribution in [1.29, 1.82) is 0 Å². The Kier molecular flexibility index (Phi) is 6.79. The molecule has 0 saturated carbocycles. The van der Waals surface area contributed by atoms with Crippen LogP contribution in [0.3, 0.4) is 0 Å². The summed E-state index contributed by atoms with van der Waals surface area (Å²) in [7, 11) is 0. The number of furan rings is 1. The highest BCUT2D eigenvalue weighted by Gasteiger charge is 2.39. The molecule has 0 N–H and O–H groups in total. The summed E-state index contributed by atoms with van der Waals surface area (Å²) < 4.78 is 6.43. The summed E-state index contributed by atoms with van der Waals surface area (Å²) in [5, 5.41) is 7.37. The minimum atomic E-state index is 0.334. The van der Waals surface area contributed by atoms with Crippen LogP contribution in [-0.2, 0) is 0 Å². The third kappa shape index (κ3) is 4.76. The third-order valence-corrected chi connectivity index (χ3v) is 12.2. The average molecular weight is 714 g/mol. The summed E-state index contributed by atoms with van der Waals surface area (Å²) in [6.07, 6.45) is 13.7. The predicted octanol–water partition coefficient (Wildman–Crippen LogP) is 14.9. The van der Waals surface area contributed by atoms with Gasteiger partial charge in [-0.15, -0.1) is 0 Å². The van der Waals surface area contributed by atoms with E-state index in [4.69, 9.17) is 4.42 Å². The molecule has 2 nitrogen and oxygen atoms in total. The molecule has 0 bridgehead atoms. The fraction of sp³-hybridized carbons (Fsp3) is 0.0370. The number of rotatable bonds is 5. The monoisotopic (exact) mass is 713 g/mol. The molecule has 2 atom stereocenters. The van der Waals surface area contributed by atoms with Crippen molar-refractivity contribution >= 4 is 66.1 Å². The number of hydrogen-bond acceptors (Lipinski definition) is 2. The van der Waals surface area contributed by atoms with Gasteiger partial charge in [0.25, 0.3) is 0 Å². The topological polar surface area (TPSA) is 16.4 Å². The first-order valence-corrected chi connectivity index (χ1v) is 19.5. The van der Waals surface area contributed by atoms with Gasteiger partial charge in [-0.25, -0.2) is 0 Å². The van der Waals surface area contributed by atoms with Crippen molar-refractivity contribution in [1.82, 2.24) is 0 Å². The van der Waals surface area contributed by atoms with Crippen LogP contribution in [0, 0.1) is 5.92 Å². The molecule has 9 aromatic rings. The van der Waals surface area contributed by atoms with Gasteiger partial charge in [-0.3, -0.25) is 0 Å². The number of para-hydroxylation sites is 2. The van der Waals surface area contributed by atoms with E-state index in [9.17, 15) is 0 Å². The lowest BCUT2D eigenvalue weighted by Crippen LogP contribution is -2.12. The first-order valence-electron chi connectivity index (χ1n) is 19.5. The zero-order chi connectivity index (χ0) is 36.7. The van der Waals surface area contributed by atoms with Crippen molar-refractivity contribution < 1.29 is 4.42 Å². The largest absolute Gasteiger partial charge is 0.455 e. The maximum Gasteiger partial charge on any atom is 0.143 e. The standard InChI is InChI=1S/C54H35NO/c1-2-11-43-35(8-1)18-19-37-20-21-39(32-50(37)43)34-22-26-40(27-23-34)55(42-30-31-45-47-14-5-9-38-10-6-15-48(53(38)47)51(45)33-42)41-28-24-36(25-29-41)44-13-7-16-49-46-12-3-4-17-52(46)56-54(44)49/h1-33,48,53H. The highest BCUT2D eigenvalue weighted by atomic mass is 16.3. The lowest BCUT2D eigenvalue weighted by molar-refractivity contribution is 0.670. The number of allylic oxidation sites excluding steroid dienone is 8. The zero-order valence-corrected chi connectivity index (χ0v) is 30.6. The zero-order valence-electron chi connectivity index (χ0n) is 30.6. The Hall–Kier alpha value is -7.16. The van der Waals surface area contributed by atoms with Crippen LogP contribution in [0.15, 0.2) is 210 Å². The molecule has 0 amide bonds. The van der Waals surface area contributed by atoms with E-state index >= 15 is 0 Å². The van der Waals surface area contributed by atoms with Crippen molar-refractivity contribution in [3.63, 3.8) is 0 Å². The Balaban J connectivity index is 0.968. The lowest BCUT2D eigenvalue weighted by atomic mass is 9.79. The van der Waals surface area contributed by atoms with Crippen molar-refractivity contribution in [2.24, 2.45) is 5.92 Å². The SMILES string of the molecule is C1=CC2=CC=CC3c4cc(N(c5ccc(-c6ccc7ccc8ccccc8c7c6)cc5)c5ccc(-c6cccc7c6oc6ccccc67)cc5)ccc4C(=C1)C23. The van der Waals surface area contributed by atoms with Gasteiger partial charge >= 0.3 is 0 Å². The van der Waals surface area contributed by atoms with Crippen molar-refractivity contribution in [3.8, 4) is 22.3 Å². The predicted molar refractivity (Wildman–Crippen MR) is 235 cm³/mol. The normalized spacial score (nSPS) is 16.6. The van der Waals surface area contributed by atoms with Gasteiger partial charge in [-0.1, -0.05) is 152 Å². The molecule has 0 spiro atoms. The van der Waals surface area contributed by atoms with Gasteiger partial charge in [0.2, 0.25) is 0 Å². The van der Waals surface area contributed by atoms with Gasteiger partial charge in [0.15, 0.2) is 0 Å². The minimum Gasteiger partial charge on any atom is -0.455 e. The molecule has 3 aliphatic carbocycles. The van der Waals surface area contributed by atoms with Crippen LogP contribution >= 0.6 is 0 Å². The Morgan fingerprint density at radius 1 is 0.464 bits per heavy atom. The molecule has 0 aliphatic heterocycles. The van der Waals surface area contributed by atoms with Gasteiger partial charge < -0.3 is 9.32 Å². The van der Waals surface area contributed by atoms with E-state index in [0.717, 1.165) is 50.1 Å². The first kappa shape index (κ1) is 31.2. The van der Waals surface area contributed by atoms with Gasteiger partial charge in [0.1, 0.15) is 11.2 Å². The molecule has 56 heavy (non-hydrogen) atoms. The molecule has 1 heterocycles. The number of hydrogen-bond donors (Lipinski definition) is 0. The quantitative estimate of drug-likeness (QED) is 0.165. The number of nitrogens with zero attached hydrogens (tertiary/aromatic N) is 1. The van der Waals surface area contributed by atoms with E-state index < -0.39 is 0 Å². The smallest absolute Gasteiger partial charge is 0.143 e. The summed E-state index contributed by atoms with van der Waals surface area (Å²) in [6, 6.07) is 59.8. The summed E-state index contributed by atoms with van der Waals surface area (Å²) in [5.41, 5.74) is 15.4. The third-order valence-electron chi connectivity index (χ3n) is 12.2. The average Bonchev–Trinajstić information content (AvgIpc) is 3.81. The Morgan fingerprint density at radius 3 is 2.02 bits per heavy atom. The molecule has 3 aliphatic rings.